The molecule has 0 saturated carbocycles. The van der Waals surface area contributed by atoms with Crippen molar-refractivity contribution in [3.8, 4) is 6.07 Å². The van der Waals surface area contributed by atoms with Crippen molar-refractivity contribution in [2.75, 3.05) is 17.7 Å². The van der Waals surface area contributed by atoms with Gasteiger partial charge in [-0.2, -0.15) is 5.26 Å². The van der Waals surface area contributed by atoms with E-state index >= 15 is 0 Å². The summed E-state index contributed by atoms with van der Waals surface area (Å²) in [5.41, 5.74) is 5.98. The third-order valence-corrected chi connectivity index (χ3v) is 4.04. The van der Waals surface area contributed by atoms with Crippen molar-refractivity contribution in [1.29, 1.82) is 5.26 Å². The van der Waals surface area contributed by atoms with E-state index in [0.29, 0.717) is 11.4 Å². The van der Waals surface area contributed by atoms with Crippen molar-refractivity contribution in [3.05, 3.63) is 35.0 Å². The monoisotopic (exact) mass is 331 g/mol. The molecule has 118 valence electrons. The Balaban J connectivity index is 2.06. The highest BCUT2D eigenvalue weighted by Gasteiger charge is 2.19. The Morgan fingerprint density at radius 1 is 1.48 bits per heavy atom. The number of nitrogens with two attached hydrogens (primary N) is 1. The fourth-order valence-corrected chi connectivity index (χ4v) is 2.66. The number of amides is 1. The fraction of sp³-hybridized carbons (Fsp3) is 0.200. The first-order valence-corrected chi connectivity index (χ1v) is 7.54. The number of nitrogens with zero attached hydrogens (tertiary/aromatic N) is 1. The van der Waals surface area contributed by atoms with Crippen molar-refractivity contribution in [3.63, 3.8) is 0 Å². The topological polar surface area (TPSA) is 122 Å². The Kier molecular flexibility index (Phi) is 5.03. The Morgan fingerprint density at radius 3 is 2.87 bits per heavy atom. The second kappa shape index (κ2) is 6.98. The van der Waals surface area contributed by atoms with E-state index in [2.05, 4.69) is 5.32 Å². The third kappa shape index (κ3) is 3.90. The first-order valence-electron chi connectivity index (χ1n) is 6.56. The molecule has 0 aliphatic carbocycles. The summed E-state index contributed by atoms with van der Waals surface area (Å²) in [5, 5.41) is 11.5. The Bertz CT molecular complexity index is 760. The molecule has 0 spiro atoms. The molecule has 8 heteroatoms. The summed E-state index contributed by atoms with van der Waals surface area (Å²) in [4.78, 5) is 35.9. The van der Waals surface area contributed by atoms with Crippen LogP contribution in [0.5, 0.6) is 0 Å². The van der Waals surface area contributed by atoms with Crippen LogP contribution in [-0.4, -0.2) is 30.0 Å². The van der Waals surface area contributed by atoms with Gasteiger partial charge in [0.05, 0.1) is 17.0 Å². The van der Waals surface area contributed by atoms with Crippen LogP contribution in [0, 0.1) is 11.3 Å². The molecule has 0 saturated heterocycles. The maximum absolute atomic E-state index is 12.0. The number of rotatable bonds is 4. The minimum Gasteiger partial charge on any atom is -0.454 e. The van der Waals surface area contributed by atoms with Crippen LogP contribution < -0.4 is 11.1 Å². The quantitative estimate of drug-likeness (QED) is 0.483. The van der Waals surface area contributed by atoms with E-state index in [1.807, 2.05) is 0 Å². The fourth-order valence-electron chi connectivity index (χ4n) is 1.87. The van der Waals surface area contributed by atoms with Gasteiger partial charge in [-0.05, 0) is 25.1 Å². The third-order valence-electron chi connectivity index (χ3n) is 2.97. The number of fused-ring (bicyclic) bond motifs is 1. The van der Waals surface area contributed by atoms with E-state index < -0.39 is 18.4 Å². The molecule has 0 bridgehead atoms. The number of Topliss-reactive ketones (excluding diaryl/α,β-unsaturated/α-hetero) is 1. The minimum absolute atomic E-state index is 0.0714. The van der Waals surface area contributed by atoms with Crippen molar-refractivity contribution in [2.45, 2.75) is 11.8 Å². The maximum atomic E-state index is 12.0. The van der Waals surface area contributed by atoms with Gasteiger partial charge in [0.15, 0.2) is 6.61 Å². The molecule has 3 N–H and O–H groups in total. The van der Waals surface area contributed by atoms with E-state index in [1.165, 1.54) is 24.8 Å². The van der Waals surface area contributed by atoms with Gasteiger partial charge in [0.2, 0.25) is 11.7 Å². The van der Waals surface area contributed by atoms with Gasteiger partial charge in [0.1, 0.15) is 11.6 Å². The maximum Gasteiger partial charge on any atom is 0.338 e. The second-order valence-corrected chi connectivity index (χ2v) is 5.73. The zero-order valence-electron chi connectivity index (χ0n) is 12.2. The molecule has 0 unspecified atom stereocenters. The number of thioether (sulfide) groups is 1. The highest BCUT2D eigenvalue weighted by Crippen LogP contribution is 2.32. The van der Waals surface area contributed by atoms with E-state index in [1.54, 1.807) is 18.2 Å². The van der Waals surface area contributed by atoms with Gasteiger partial charge in [0.25, 0.3) is 0 Å². The van der Waals surface area contributed by atoms with E-state index in [0.717, 1.165) is 4.90 Å². The number of benzene rings is 1. The summed E-state index contributed by atoms with van der Waals surface area (Å²) in [6.45, 7) is 0.844. The molecular formula is C15H13N3O4S. The zero-order valence-corrected chi connectivity index (χ0v) is 13.0. The van der Waals surface area contributed by atoms with Crippen LogP contribution in [0.2, 0.25) is 0 Å². The zero-order chi connectivity index (χ0) is 17.0. The average Bonchev–Trinajstić information content (AvgIpc) is 2.52. The Hall–Kier alpha value is -2.79. The number of carbonyl (C=O) groups excluding carboxylic acids is 3. The average molecular weight is 331 g/mol. The van der Waals surface area contributed by atoms with Crippen LogP contribution in [0.1, 0.15) is 17.3 Å². The number of ketones is 1. The molecule has 2 rings (SSSR count). The summed E-state index contributed by atoms with van der Waals surface area (Å²) in [5.74, 6) is -1.21. The van der Waals surface area contributed by atoms with Crippen molar-refractivity contribution in [1.82, 2.24) is 0 Å². The number of hydrogen-bond donors (Lipinski definition) is 2. The highest BCUT2D eigenvalue weighted by molar-refractivity contribution is 8.00. The normalized spacial score (nSPS) is 14.0. The van der Waals surface area contributed by atoms with Crippen LogP contribution in [0.4, 0.5) is 5.69 Å². The number of ether oxygens (including phenoxy) is 1. The number of allylic oxidation sites excluding steroid dienone is 1. The number of nitrogens with one attached hydrogen (secondary N) is 1. The lowest BCUT2D eigenvalue weighted by atomic mass is 10.1. The SMILES string of the molecule is CC(N)=C(C#N)C(=O)COC(=O)c1ccc2c(c1)NC(=O)CS2. The van der Waals surface area contributed by atoms with Crippen LogP contribution in [0.3, 0.4) is 0 Å². The summed E-state index contributed by atoms with van der Waals surface area (Å²) >= 11 is 1.37. The molecule has 1 aromatic rings. The van der Waals surface area contributed by atoms with Crippen LogP contribution >= 0.6 is 11.8 Å². The Labute approximate surface area is 136 Å². The largest absolute Gasteiger partial charge is 0.454 e. The molecule has 1 aliphatic heterocycles. The lowest BCUT2D eigenvalue weighted by molar-refractivity contribution is -0.118. The number of carbonyl (C=O) groups is 3. The predicted octanol–water partition coefficient (Wildman–Crippen LogP) is 1.21. The standard InChI is InChI=1S/C15H13N3O4S/c1-8(17)10(5-16)12(19)6-22-15(21)9-2-3-13-11(4-9)18-14(20)7-23-13/h2-4H,6-7,17H2,1H3,(H,18,20). The molecule has 0 radical (unpaired) electrons. The number of hydrogen-bond acceptors (Lipinski definition) is 7. The summed E-state index contributed by atoms with van der Waals surface area (Å²) in [6.07, 6.45) is 0. The molecular weight excluding hydrogens is 318 g/mol. The highest BCUT2D eigenvalue weighted by atomic mass is 32.2. The molecule has 1 aliphatic rings. The molecule has 0 atom stereocenters. The first kappa shape index (κ1) is 16.6. The smallest absolute Gasteiger partial charge is 0.338 e. The molecule has 0 fully saturated rings. The van der Waals surface area contributed by atoms with Crippen LogP contribution in [0.15, 0.2) is 34.4 Å². The van der Waals surface area contributed by atoms with Gasteiger partial charge < -0.3 is 15.8 Å². The van der Waals surface area contributed by atoms with Crippen LogP contribution in [-0.2, 0) is 14.3 Å². The van der Waals surface area contributed by atoms with Gasteiger partial charge in [-0.25, -0.2) is 4.79 Å². The van der Waals surface area contributed by atoms with Gasteiger partial charge in [-0.1, -0.05) is 0 Å². The van der Waals surface area contributed by atoms with Gasteiger partial charge >= 0.3 is 5.97 Å². The predicted molar refractivity (Wildman–Crippen MR) is 83.6 cm³/mol. The van der Waals surface area contributed by atoms with Gasteiger partial charge in [0, 0.05) is 10.6 Å². The van der Waals surface area contributed by atoms with Crippen molar-refractivity contribution in [2.24, 2.45) is 5.73 Å². The molecule has 1 amide bonds. The van der Waals surface area contributed by atoms with Gasteiger partial charge in [-0.15, -0.1) is 11.8 Å². The van der Waals surface area contributed by atoms with Gasteiger partial charge in [-0.3, -0.25) is 9.59 Å². The minimum atomic E-state index is -0.724. The number of nitriles is 1. The molecule has 7 nitrogen and oxygen atoms in total. The van der Waals surface area contributed by atoms with E-state index in [-0.39, 0.29) is 22.7 Å². The number of anilines is 1. The molecule has 1 aromatic carbocycles. The van der Waals surface area contributed by atoms with Crippen molar-refractivity contribution < 1.29 is 19.1 Å². The molecule has 1 heterocycles. The van der Waals surface area contributed by atoms with E-state index in [9.17, 15) is 14.4 Å². The lowest BCUT2D eigenvalue weighted by Gasteiger charge is -2.16. The van der Waals surface area contributed by atoms with E-state index in [4.69, 9.17) is 15.7 Å². The summed E-state index contributed by atoms with van der Waals surface area (Å²) < 4.78 is 4.89. The first-order chi connectivity index (χ1) is 10.9. The van der Waals surface area contributed by atoms with Crippen LogP contribution in [0.25, 0.3) is 0 Å². The summed E-state index contributed by atoms with van der Waals surface area (Å²) in [7, 11) is 0. The lowest BCUT2D eigenvalue weighted by Crippen LogP contribution is -2.20. The Morgan fingerprint density at radius 2 is 2.22 bits per heavy atom. The second-order valence-electron chi connectivity index (χ2n) is 4.72. The molecule has 23 heavy (non-hydrogen) atoms. The van der Waals surface area contributed by atoms with Crippen molar-refractivity contribution >= 4 is 35.1 Å². The molecule has 0 aromatic heterocycles. The summed E-state index contributed by atoms with van der Waals surface area (Å²) in [6, 6.07) is 6.41. The number of esters is 1.